The van der Waals surface area contributed by atoms with Crippen LogP contribution < -0.4 is 20.5 Å². The molecule has 0 heterocycles. The maximum absolute atomic E-state index is 10.7. The van der Waals surface area contributed by atoms with Crippen LogP contribution in [0.3, 0.4) is 0 Å². The maximum atomic E-state index is 10.7. The molecule has 0 saturated carbocycles. The fraction of sp³-hybridized carbons (Fsp3) is 0.235. The summed E-state index contributed by atoms with van der Waals surface area (Å²) in [5.74, 6) is 0.745. The Balaban J connectivity index is 1.92. The van der Waals surface area contributed by atoms with Crippen LogP contribution in [0.25, 0.3) is 0 Å². The summed E-state index contributed by atoms with van der Waals surface area (Å²) in [5, 5.41) is 3.74. The molecule has 0 fully saturated rings. The molecule has 0 saturated heterocycles. The third-order valence-corrected chi connectivity index (χ3v) is 3.32. The number of benzene rings is 2. The second-order valence-electron chi connectivity index (χ2n) is 4.83. The van der Waals surface area contributed by atoms with Crippen LogP contribution in [0.2, 0.25) is 5.02 Å². The predicted octanol–water partition coefficient (Wildman–Crippen LogP) is 3.21. The molecular weight excluding hydrogens is 316 g/mol. The number of anilines is 1. The summed E-state index contributed by atoms with van der Waals surface area (Å²) < 4.78 is 10.6. The number of primary amides is 1. The smallest absolute Gasteiger partial charge is 0.255 e. The molecule has 0 radical (unpaired) electrons. The van der Waals surface area contributed by atoms with Gasteiger partial charge in [0.2, 0.25) is 0 Å². The average Bonchev–Trinajstić information content (AvgIpc) is 2.53. The lowest BCUT2D eigenvalue weighted by Gasteiger charge is -2.10. The number of hydrogen-bond donors (Lipinski definition) is 2. The van der Waals surface area contributed by atoms with E-state index in [0.29, 0.717) is 23.9 Å². The first kappa shape index (κ1) is 17.0. The zero-order valence-electron chi connectivity index (χ0n) is 12.8. The normalized spacial score (nSPS) is 10.2. The molecular formula is C17H19ClN2O3. The van der Waals surface area contributed by atoms with Crippen molar-refractivity contribution in [1.82, 2.24) is 0 Å². The molecule has 0 aliphatic carbocycles. The van der Waals surface area contributed by atoms with Crippen LogP contribution in [0.1, 0.15) is 12.5 Å². The number of amides is 1. The van der Waals surface area contributed by atoms with E-state index >= 15 is 0 Å². The number of carbonyl (C=O) groups excluding carboxylic acids is 1. The fourth-order valence-corrected chi connectivity index (χ4v) is 2.22. The summed E-state index contributed by atoms with van der Waals surface area (Å²) in [7, 11) is 0. The molecule has 6 heteroatoms. The van der Waals surface area contributed by atoms with E-state index in [1.54, 1.807) is 12.1 Å². The standard InChI is InChI=1S/C17H19ClN2O3/c1-2-22-14-6-4-13(5-7-14)20-10-12-3-8-16(15(18)9-12)23-11-17(19)21/h3-9,20H,2,10-11H2,1H3,(H2,19,21). The SMILES string of the molecule is CCOc1ccc(NCc2ccc(OCC(N)=O)c(Cl)c2)cc1. The average molecular weight is 335 g/mol. The molecule has 0 aliphatic heterocycles. The van der Waals surface area contributed by atoms with Crippen LogP contribution in [0.4, 0.5) is 5.69 Å². The van der Waals surface area contributed by atoms with Gasteiger partial charge in [-0.15, -0.1) is 0 Å². The van der Waals surface area contributed by atoms with Crippen LogP contribution in [-0.4, -0.2) is 19.1 Å². The zero-order valence-corrected chi connectivity index (χ0v) is 13.6. The highest BCUT2D eigenvalue weighted by Gasteiger charge is 2.05. The zero-order chi connectivity index (χ0) is 16.7. The van der Waals surface area contributed by atoms with E-state index in [1.165, 1.54) is 0 Å². The quantitative estimate of drug-likeness (QED) is 0.777. The number of halogens is 1. The summed E-state index contributed by atoms with van der Waals surface area (Å²) in [4.78, 5) is 10.7. The Morgan fingerprint density at radius 2 is 1.91 bits per heavy atom. The number of carbonyl (C=O) groups is 1. The second kappa shape index (κ2) is 8.29. The van der Waals surface area contributed by atoms with Gasteiger partial charge in [-0.3, -0.25) is 4.79 Å². The van der Waals surface area contributed by atoms with Gasteiger partial charge in [0.1, 0.15) is 11.5 Å². The van der Waals surface area contributed by atoms with Gasteiger partial charge in [-0.05, 0) is 48.9 Å². The topological polar surface area (TPSA) is 73.6 Å². The lowest BCUT2D eigenvalue weighted by Crippen LogP contribution is -2.20. The van der Waals surface area contributed by atoms with Crippen molar-refractivity contribution in [2.24, 2.45) is 5.73 Å². The Morgan fingerprint density at radius 3 is 2.52 bits per heavy atom. The van der Waals surface area contributed by atoms with Crippen LogP contribution >= 0.6 is 11.6 Å². The number of hydrogen-bond acceptors (Lipinski definition) is 4. The van der Waals surface area contributed by atoms with E-state index in [9.17, 15) is 4.79 Å². The van der Waals surface area contributed by atoms with Crippen LogP contribution in [-0.2, 0) is 11.3 Å². The summed E-state index contributed by atoms with van der Waals surface area (Å²) >= 11 is 6.13. The lowest BCUT2D eigenvalue weighted by atomic mass is 10.2. The Morgan fingerprint density at radius 1 is 1.17 bits per heavy atom. The van der Waals surface area contributed by atoms with Gasteiger partial charge >= 0.3 is 0 Å². The summed E-state index contributed by atoms with van der Waals surface area (Å²) in [5.41, 5.74) is 7.02. The van der Waals surface area contributed by atoms with Gasteiger partial charge in [0, 0.05) is 12.2 Å². The van der Waals surface area contributed by atoms with E-state index in [4.69, 9.17) is 26.8 Å². The van der Waals surface area contributed by atoms with E-state index < -0.39 is 5.91 Å². The third-order valence-electron chi connectivity index (χ3n) is 3.03. The minimum Gasteiger partial charge on any atom is -0.494 e. The molecule has 0 aliphatic rings. The first-order chi connectivity index (χ1) is 11.1. The van der Waals surface area contributed by atoms with E-state index in [0.717, 1.165) is 17.0 Å². The van der Waals surface area contributed by atoms with Gasteiger partial charge < -0.3 is 20.5 Å². The Kier molecular flexibility index (Phi) is 6.11. The van der Waals surface area contributed by atoms with Gasteiger partial charge in [-0.25, -0.2) is 0 Å². The van der Waals surface area contributed by atoms with Crippen molar-refractivity contribution < 1.29 is 14.3 Å². The molecule has 122 valence electrons. The molecule has 1 amide bonds. The van der Waals surface area contributed by atoms with Crippen LogP contribution in [0.5, 0.6) is 11.5 Å². The summed E-state index contributed by atoms with van der Waals surface area (Å²) in [6.07, 6.45) is 0. The van der Waals surface area contributed by atoms with Crippen molar-refractivity contribution in [2.75, 3.05) is 18.5 Å². The Bertz CT molecular complexity index is 659. The van der Waals surface area contributed by atoms with E-state index in [2.05, 4.69) is 5.32 Å². The number of nitrogens with two attached hydrogens (primary N) is 1. The van der Waals surface area contributed by atoms with Crippen molar-refractivity contribution in [1.29, 1.82) is 0 Å². The van der Waals surface area contributed by atoms with E-state index in [1.807, 2.05) is 37.3 Å². The van der Waals surface area contributed by atoms with Gasteiger partial charge in [-0.2, -0.15) is 0 Å². The molecule has 2 aromatic rings. The molecule has 0 bridgehead atoms. The highest BCUT2D eigenvalue weighted by molar-refractivity contribution is 6.32. The van der Waals surface area contributed by atoms with Gasteiger partial charge in [-0.1, -0.05) is 17.7 Å². The predicted molar refractivity (Wildman–Crippen MR) is 91.1 cm³/mol. The second-order valence-corrected chi connectivity index (χ2v) is 5.24. The third kappa shape index (κ3) is 5.38. The van der Waals surface area contributed by atoms with Crippen molar-refractivity contribution in [3.8, 4) is 11.5 Å². The molecule has 23 heavy (non-hydrogen) atoms. The Labute approximate surface area is 140 Å². The first-order valence-corrected chi connectivity index (χ1v) is 7.62. The molecule has 3 N–H and O–H groups in total. The summed E-state index contributed by atoms with van der Waals surface area (Å²) in [6, 6.07) is 13.1. The van der Waals surface area contributed by atoms with Gasteiger partial charge in [0.15, 0.2) is 6.61 Å². The highest BCUT2D eigenvalue weighted by atomic mass is 35.5. The van der Waals surface area contributed by atoms with Crippen LogP contribution in [0, 0.1) is 0 Å². The molecule has 0 atom stereocenters. The molecule has 0 spiro atoms. The monoisotopic (exact) mass is 334 g/mol. The van der Waals surface area contributed by atoms with Crippen LogP contribution in [0.15, 0.2) is 42.5 Å². The largest absolute Gasteiger partial charge is 0.494 e. The van der Waals surface area contributed by atoms with Crippen molar-refractivity contribution in [3.05, 3.63) is 53.1 Å². The molecule has 2 aromatic carbocycles. The van der Waals surface area contributed by atoms with Gasteiger partial charge in [0.25, 0.3) is 5.91 Å². The first-order valence-electron chi connectivity index (χ1n) is 7.24. The highest BCUT2D eigenvalue weighted by Crippen LogP contribution is 2.26. The molecule has 2 rings (SSSR count). The lowest BCUT2D eigenvalue weighted by molar-refractivity contribution is -0.119. The minimum atomic E-state index is -0.540. The molecule has 0 aromatic heterocycles. The van der Waals surface area contributed by atoms with Crippen molar-refractivity contribution in [3.63, 3.8) is 0 Å². The minimum absolute atomic E-state index is 0.191. The number of rotatable bonds is 8. The summed E-state index contributed by atoms with van der Waals surface area (Å²) in [6.45, 7) is 3.02. The van der Waals surface area contributed by atoms with E-state index in [-0.39, 0.29) is 6.61 Å². The van der Waals surface area contributed by atoms with Gasteiger partial charge in [0.05, 0.1) is 11.6 Å². The maximum Gasteiger partial charge on any atom is 0.255 e. The van der Waals surface area contributed by atoms with Crippen molar-refractivity contribution in [2.45, 2.75) is 13.5 Å². The molecule has 0 unspecified atom stereocenters. The Hall–Kier alpha value is -2.40. The number of nitrogens with one attached hydrogen (secondary N) is 1. The van der Waals surface area contributed by atoms with Crippen molar-refractivity contribution >= 4 is 23.2 Å². The number of ether oxygens (including phenoxy) is 2. The molecule has 5 nitrogen and oxygen atoms in total. The fourth-order valence-electron chi connectivity index (χ4n) is 1.96.